The van der Waals surface area contributed by atoms with Crippen LogP contribution in [0, 0.1) is 0 Å². The lowest BCUT2D eigenvalue weighted by Gasteiger charge is -2.32. The molecule has 0 spiro atoms. The van der Waals surface area contributed by atoms with Crippen LogP contribution >= 0.6 is 0 Å². The number of anilines is 1. The first-order valence-corrected chi connectivity index (χ1v) is 7.03. The first-order chi connectivity index (χ1) is 9.74. The summed E-state index contributed by atoms with van der Waals surface area (Å²) in [6.07, 6.45) is 1.78. The Labute approximate surface area is 119 Å². The summed E-state index contributed by atoms with van der Waals surface area (Å²) in [4.78, 5) is 26.3. The third-order valence-electron chi connectivity index (χ3n) is 3.64. The minimum Gasteiger partial charge on any atom is -0.376 e. The number of carbonyl (C=O) groups excluding carboxylic acids is 2. The van der Waals surface area contributed by atoms with Gasteiger partial charge in [-0.05, 0) is 18.1 Å². The summed E-state index contributed by atoms with van der Waals surface area (Å²) in [6, 6.07) is 8.03. The Bertz CT molecular complexity index is 468. The Hall–Kier alpha value is -2.04. The van der Waals surface area contributed by atoms with Gasteiger partial charge in [0.25, 0.3) is 0 Å². The fourth-order valence-corrected chi connectivity index (χ4v) is 2.36. The minimum atomic E-state index is 0.0847. The highest BCUT2D eigenvalue weighted by Gasteiger charge is 2.19. The summed E-state index contributed by atoms with van der Waals surface area (Å²) in [5, 5.41) is 3.21. The van der Waals surface area contributed by atoms with Crippen molar-refractivity contribution in [1.29, 1.82) is 0 Å². The highest BCUT2D eigenvalue weighted by atomic mass is 16.2. The fourth-order valence-electron chi connectivity index (χ4n) is 2.36. The van der Waals surface area contributed by atoms with Crippen molar-refractivity contribution in [2.24, 2.45) is 0 Å². The van der Waals surface area contributed by atoms with E-state index in [-0.39, 0.29) is 5.91 Å². The van der Waals surface area contributed by atoms with Crippen molar-refractivity contribution in [1.82, 2.24) is 9.80 Å². The van der Waals surface area contributed by atoms with Gasteiger partial charge in [-0.1, -0.05) is 25.1 Å². The molecule has 1 aromatic carbocycles. The molecule has 1 aliphatic heterocycles. The van der Waals surface area contributed by atoms with E-state index in [0.717, 1.165) is 18.5 Å². The van der Waals surface area contributed by atoms with Crippen molar-refractivity contribution in [3.05, 3.63) is 29.8 Å². The monoisotopic (exact) mass is 275 g/mol. The fraction of sp³-hybridized carbons (Fsp3) is 0.467. The minimum absolute atomic E-state index is 0.0847. The van der Waals surface area contributed by atoms with Crippen LogP contribution in [-0.4, -0.2) is 54.8 Å². The molecule has 1 saturated heterocycles. The molecule has 1 fully saturated rings. The number of nitrogens with zero attached hydrogens (tertiary/aromatic N) is 2. The molecule has 0 saturated carbocycles. The Morgan fingerprint density at radius 2 is 1.95 bits per heavy atom. The van der Waals surface area contributed by atoms with E-state index in [1.54, 1.807) is 4.90 Å². The maximum atomic E-state index is 12.1. The largest absolute Gasteiger partial charge is 0.376 e. The van der Waals surface area contributed by atoms with Gasteiger partial charge in [0.05, 0.1) is 6.54 Å². The molecule has 0 aliphatic carbocycles. The molecule has 0 atom stereocenters. The van der Waals surface area contributed by atoms with E-state index in [0.29, 0.717) is 32.7 Å². The standard InChI is InChI=1S/C15H21N3O2/c1-2-13-5-3-4-6-14(13)16-11-15(20)18-9-7-17(12-19)8-10-18/h3-6,12,16H,2,7-11H2,1H3. The number of hydrogen-bond donors (Lipinski definition) is 1. The number of amides is 2. The molecule has 1 N–H and O–H groups in total. The number of nitrogens with one attached hydrogen (secondary N) is 1. The normalized spacial score (nSPS) is 15.1. The van der Waals surface area contributed by atoms with E-state index >= 15 is 0 Å². The highest BCUT2D eigenvalue weighted by molar-refractivity contribution is 5.81. The summed E-state index contributed by atoms with van der Waals surface area (Å²) in [5.41, 5.74) is 2.24. The van der Waals surface area contributed by atoms with Crippen LogP contribution in [0.5, 0.6) is 0 Å². The van der Waals surface area contributed by atoms with E-state index in [1.165, 1.54) is 5.56 Å². The van der Waals surface area contributed by atoms with Crippen LogP contribution in [0.4, 0.5) is 5.69 Å². The Morgan fingerprint density at radius 1 is 1.25 bits per heavy atom. The topological polar surface area (TPSA) is 52.7 Å². The zero-order valence-corrected chi connectivity index (χ0v) is 11.8. The van der Waals surface area contributed by atoms with Crippen molar-refractivity contribution < 1.29 is 9.59 Å². The first-order valence-electron chi connectivity index (χ1n) is 7.03. The van der Waals surface area contributed by atoms with Crippen molar-refractivity contribution in [3.63, 3.8) is 0 Å². The van der Waals surface area contributed by atoms with Gasteiger partial charge in [-0.15, -0.1) is 0 Å². The second-order valence-corrected chi connectivity index (χ2v) is 4.89. The van der Waals surface area contributed by atoms with Gasteiger partial charge >= 0.3 is 0 Å². The lowest BCUT2D eigenvalue weighted by Crippen LogP contribution is -2.49. The molecule has 1 aliphatic rings. The average molecular weight is 275 g/mol. The van der Waals surface area contributed by atoms with E-state index in [2.05, 4.69) is 18.3 Å². The zero-order valence-electron chi connectivity index (χ0n) is 11.8. The lowest BCUT2D eigenvalue weighted by molar-refractivity contribution is -0.133. The van der Waals surface area contributed by atoms with E-state index in [9.17, 15) is 9.59 Å². The number of carbonyl (C=O) groups is 2. The molecular weight excluding hydrogens is 254 g/mol. The molecule has 0 bridgehead atoms. The molecule has 0 aromatic heterocycles. The Morgan fingerprint density at radius 3 is 2.60 bits per heavy atom. The lowest BCUT2D eigenvalue weighted by atomic mass is 10.1. The van der Waals surface area contributed by atoms with Crippen LogP contribution in [-0.2, 0) is 16.0 Å². The van der Waals surface area contributed by atoms with Crippen molar-refractivity contribution in [2.45, 2.75) is 13.3 Å². The van der Waals surface area contributed by atoms with Gasteiger partial charge < -0.3 is 15.1 Å². The number of hydrogen-bond acceptors (Lipinski definition) is 3. The van der Waals surface area contributed by atoms with Gasteiger partial charge in [0.15, 0.2) is 0 Å². The number of para-hydroxylation sites is 1. The quantitative estimate of drug-likeness (QED) is 0.814. The van der Waals surface area contributed by atoms with Crippen molar-refractivity contribution in [2.75, 3.05) is 38.0 Å². The van der Waals surface area contributed by atoms with Gasteiger partial charge in [-0.3, -0.25) is 9.59 Å². The van der Waals surface area contributed by atoms with Crippen LogP contribution in [0.2, 0.25) is 0 Å². The zero-order chi connectivity index (χ0) is 14.4. The molecule has 20 heavy (non-hydrogen) atoms. The smallest absolute Gasteiger partial charge is 0.241 e. The number of benzene rings is 1. The number of rotatable bonds is 5. The van der Waals surface area contributed by atoms with Crippen molar-refractivity contribution >= 4 is 18.0 Å². The van der Waals surface area contributed by atoms with Gasteiger partial charge in [0.2, 0.25) is 12.3 Å². The van der Waals surface area contributed by atoms with Crippen LogP contribution in [0.15, 0.2) is 24.3 Å². The van der Waals surface area contributed by atoms with Crippen LogP contribution in [0.25, 0.3) is 0 Å². The molecule has 0 unspecified atom stereocenters. The van der Waals surface area contributed by atoms with Crippen LogP contribution in [0.1, 0.15) is 12.5 Å². The molecular formula is C15H21N3O2. The molecule has 5 nitrogen and oxygen atoms in total. The molecule has 1 aromatic rings. The Balaban J connectivity index is 1.85. The Kier molecular flexibility index (Phi) is 4.98. The summed E-state index contributed by atoms with van der Waals surface area (Å²) in [6.45, 7) is 4.89. The SMILES string of the molecule is CCc1ccccc1NCC(=O)N1CCN(C=O)CC1. The first kappa shape index (κ1) is 14.4. The number of aryl methyl sites for hydroxylation is 1. The molecule has 108 valence electrons. The third-order valence-corrected chi connectivity index (χ3v) is 3.64. The molecule has 0 radical (unpaired) electrons. The summed E-state index contributed by atoms with van der Waals surface area (Å²) in [7, 11) is 0. The van der Waals surface area contributed by atoms with E-state index in [4.69, 9.17) is 0 Å². The second kappa shape index (κ2) is 6.93. The molecule has 2 amide bonds. The maximum Gasteiger partial charge on any atom is 0.241 e. The summed E-state index contributed by atoms with van der Waals surface area (Å²) in [5.74, 6) is 0.0847. The predicted molar refractivity (Wildman–Crippen MR) is 78.5 cm³/mol. The average Bonchev–Trinajstić information content (AvgIpc) is 2.53. The van der Waals surface area contributed by atoms with Gasteiger partial charge in [0.1, 0.15) is 0 Å². The van der Waals surface area contributed by atoms with E-state index in [1.807, 2.05) is 23.1 Å². The second-order valence-electron chi connectivity index (χ2n) is 4.89. The van der Waals surface area contributed by atoms with Crippen molar-refractivity contribution in [3.8, 4) is 0 Å². The summed E-state index contributed by atoms with van der Waals surface area (Å²) < 4.78 is 0. The van der Waals surface area contributed by atoms with Gasteiger partial charge in [-0.2, -0.15) is 0 Å². The van der Waals surface area contributed by atoms with Gasteiger partial charge in [0, 0.05) is 31.9 Å². The number of piperazine rings is 1. The highest BCUT2D eigenvalue weighted by Crippen LogP contribution is 2.15. The molecule has 5 heteroatoms. The molecule has 2 rings (SSSR count). The van der Waals surface area contributed by atoms with Gasteiger partial charge in [-0.25, -0.2) is 0 Å². The van der Waals surface area contributed by atoms with Crippen LogP contribution in [0.3, 0.4) is 0 Å². The predicted octanol–water partition coefficient (Wildman–Crippen LogP) is 0.961. The maximum absolute atomic E-state index is 12.1. The van der Waals surface area contributed by atoms with E-state index < -0.39 is 0 Å². The summed E-state index contributed by atoms with van der Waals surface area (Å²) >= 11 is 0. The van der Waals surface area contributed by atoms with Crippen LogP contribution < -0.4 is 5.32 Å². The third kappa shape index (κ3) is 3.50. The molecule has 1 heterocycles.